The van der Waals surface area contributed by atoms with E-state index in [-0.39, 0.29) is 0 Å². The third-order valence-corrected chi connectivity index (χ3v) is 2.91. The van der Waals surface area contributed by atoms with Gasteiger partial charge < -0.3 is 4.74 Å². The van der Waals surface area contributed by atoms with Gasteiger partial charge in [0.15, 0.2) is 0 Å². The van der Waals surface area contributed by atoms with Crippen LogP contribution in [0, 0.1) is 0 Å². The lowest BCUT2D eigenvalue weighted by Crippen LogP contribution is -1.87. The third kappa shape index (κ3) is 2.33. The van der Waals surface area contributed by atoms with Crippen LogP contribution in [0.25, 0.3) is 10.9 Å². The van der Waals surface area contributed by atoms with Crippen LogP contribution in [0.2, 0.25) is 0 Å². The van der Waals surface area contributed by atoms with Crippen molar-refractivity contribution in [2.24, 2.45) is 0 Å². The Balaban J connectivity index is 1.95. The highest BCUT2D eigenvalue weighted by Gasteiger charge is 2.01. The smallest absolute Gasteiger partial charge is 0.146 e. The number of hydrogen-bond acceptors (Lipinski definition) is 3. The molecule has 0 bridgehead atoms. The van der Waals surface area contributed by atoms with Gasteiger partial charge in [-0.25, -0.2) is 0 Å². The number of rotatable bonds is 2. The van der Waals surface area contributed by atoms with Gasteiger partial charge in [0.25, 0.3) is 0 Å². The molecular weight excluding hydrogens is 292 g/mol. The number of hydrogen-bond donors (Lipinski definition) is 0. The molecule has 0 N–H and O–H groups in total. The quantitative estimate of drug-likeness (QED) is 0.712. The molecule has 3 nitrogen and oxygen atoms in total. The average molecular weight is 301 g/mol. The van der Waals surface area contributed by atoms with Crippen LogP contribution in [0.4, 0.5) is 0 Å². The van der Waals surface area contributed by atoms with Crippen LogP contribution in [0.3, 0.4) is 0 Å². The fraction of sp³-hybridized carbons (Fsp3) is 0. The normalized spacial score (nSPS) is 10.5. The highest BCUT2D eigenvalue weighted by molar-refractivity contribution is 9.10. The molecule has 0 atom stereocenters. The zero-order valence-electron chi connectivity index (χ0n) is 9.38. The Labute approximate surface area is 113 Å². The first-order valence-electron chi connectivity index (χ1n) is 5.44. The topological polar surface area (TPSA) is 35.0 Å². The van der Waals surface area contributed by atoms with E-state index in [4.69, 9.17) is 4.74 Å². The molecule has 0 aliphatic rings. The van der Waals surface area contributed by atoms with Gasteiger partial charge in [0.2, 0.25) is 0 Å². The molecule has 3 rings (SSSR count). The van der Waals surface area contributed by atoms with Gasteiger partial charge in [-0.2, -0.15) is 0 Å². The van der Waals surface area contributed by atoms with Crippen LogP contribution in [-0.4, -0.2) is 9.97 Å². The summed E-state index contributed by atoms with van der Waals surface area (Å²) in [5.74, 6) is 1.38. The van der Waals surface area contributed by atoms with Crippen molar-refractivity contribution in [3.8, 4) is 11.5 Å². The van der Waals surface area contributed by atoms with Crippen molar-refractivity contribution in [1.82, 2.24) is 9.97 Å². The SMILES string of the molecule is Brc1cncc(Oc2cnc3ccccc3c2)c1. The van der Waals surface area contributed by atoms with E-state index >= 15 is 0 Å². The van der Waals surface area contributed by atoms with Crippen LogP contribution in [-0.2, 0) is 0 Å². The number of aromatic nitrogens is 2. The molecule has 0 aliphatic carbocycles. The number of fused-ring (bicyclic) bond motifs is 1. The third-order valence-electron chi connectivity index (χ3n) is 2.48. The molecule has 0 unspecified atom stereocenters. The first-order valence-corrected chi connectivity index (χ1v) is 6.24. The van der Waals surface area contributed by atoms with E-state index in [0.717, 1.165) is 15.4 Å². The average Bonchev–Trinajstić information content (AvgIpc) is 2.39. The van der Waals surface area contributed by atoms with Gasteiger partial charge in [-0.1, -0.05) is 18.2 Å². The molecule has 0 radical (unpaired) electrons. The molecule has 0 saturated carbocycles. The highest BCUT2D eigenvalue weighted by Crippen LogP contribution is 2.25. The Morgan fingerprint density at radius 2 is 1.78 bits per heavy atom. The predicted octanol–water partition coefficient (Wildman–Crippen LogP) is 4.18. The highest BCUT2D eigenvalue weighted by atomic mass is 79.9. The van der Waals surface area contributed by atoms with Gasteiger partial charge in [0.05, 0.1) is 17.9 Å². The van der Waals surface area contributed by atoms with Crippen molar-refractivity contribution in [2.45, 2.75) is 0 Å². The summed E-state index contributed by atoms with van der Waals surface area (Å²) in [7, 11) is 0. The Kier molecular flexibility index (Phi) is 2.94. The Morgan fingerprint density at radius 1 is 0.944 bits per heavy atom. The van der Waals surface area contributed by atoms with Crippen molar-refractivity contribution in [1.29, 1.82) is 0 Å². The van der Waals surface area contributed by atoms with Gasteiger partial charge in [-0.05, 0) is 34.1 Å². The van der Waals surface area contributed by atoms with Crippen molar-refractivity contribution in [2.75, 3.05) is 0 Å². The second-order valence-electron chi connectivity index (χ2n) is 3.80. The summed E-state index contributed by atoms with van der Waals surface area (Å²) >= 11 is 3.36. The van der Waals surface area contributed by atoms with Crippen molar-refractivity contribution in [3.05, 3.63) is 59.5 Å². The summed E-state index contributed by atoms with van der Waals surface area (Å²) in [4.78, 5) is 8.39. The molecule has 88 valence electrons. The van der Waals surface area contributed by atoms with E-state index in [1.54, 1.807) is 18.6 Å². The number of nitrogens with zero attached hydrogens (tertiary/aromatic N) is 2. The standard InChI is InChI=1S/C14H9BrN2O/c15-11-6-13(8-16-7-11)18-12-5-10-3-1-2-4-14(10)17-9-12/h1-9H. The molecule has 18 heavy (non-hydrogen) atoms. The van der Waals surface area contributed by atoms with Gasteiger partial charge in [-0.3, -0.25) is 9.97 Å². The van der Waals surface area contributed by atoms with Crippen LogP contribution in [0.15, 0.2) is 59.5 Å². The number of ether oxygens (including phenoxy) is 1. The van der Waals surface area contributed by atoms with Crippen LogP contribution < -0.4 is 4.74 Å². The maximum atomic E-state index is 5.71. The van der Waals surface area contributed by atoms with Gasteiger partial charge in [-0.15, -0.1) is 0 Å². The number of benzene rings is 1. The van der Waals surface area contributed by atoms with E-state index < -0.39 is 0 Å². The number of pyridine rings is 2. The van der Waals surface area contributed by atoms with Crippen LogP contribution in [0.5, 0.6) is 11.5 Å². The summed E-state index contributed by atoms with van der Waals surface area (Å²) in [5.41, 5.74) is 0.956. The lowest BCUT2D eigenvalue weighted by atomic mass is 10.2. The van der Waals surface area contributed by atoms with Crippen LogP contribution >= 0.6 is 15.9 Å². The molecule has 4 heteroatoms. The fourth-order valence-corrected chi connectivity index (χ4v) is 2.03. The zero-order valence-corrected chi connectivity index (χ0v) is 11.0. The van der Waals surface area contributed by atoms with Crippen molar-refractivity contribution in [3.63, 3.8) is 0 Å². The van der Waals surface area contributed by atoms with Crippen molar-refractivity contribution < 1.29 is 4.74 Å². The van der Waals surface area contributed by atoms with Crippen LogP contribution in [0.1, 0.15) is 0 Å². The van der Waals surface area contributed by atoms with Gasteiger partial charge in [0, 0.05) is 16.1 Å². The Bertz CT molecular complexity index is 700. The maximum Gasteiger partial charge on any atom is 0.146 e. The predicted molar refractivity (Wildman–Crippen MR) is 73.8 cm³/mol. The van der Waals surface area contributed by atoms with Gasteiger partial charge >= 0.3 is 0 Å². The van der Waals surface area contributed by atoms with Gasteiger partial charge in [0.1, 0.15) is 11.5 Å². The molecule has 0 aliphatic heterocycles. The lowest BCUT2D eigenvalue weighted by molar-refractivity contribution is 0.478. The monoisotopic (exact) mass is 300 g/mol. The molecule has 0 amide bonds. The number of halogens is 1. The van der Waals surface area contributed by atoms with E-state index in [1.807, 2.05) is 36.4 Å². The summed E-state index contributed by atoms with van der Waals surface area (Å²) < 4.78 is 6.60. The molecule has 2 aromatic heterocycles. The van der Waals surface area contributed by atoms with E-state index in [9.17, 15) is 0 Å². The fourth-order valence-electron chi connectivity index (χ4n) is 1.69. The second kappa shape index (κ2) is 4.74. The first-order chi connectivity index (χ1) is 8.81. The first kappa shape index (κ1) is 11.2. The van der Waals surface area contributed by atoms with Crippen molar-refractivity contribution >= 4 is 26.8 Å². The minimum atomic E-state index is 0.682. The summed E-state index contributed by atoms with van der Waals surface area (Å²) in [5, 5.41) is 1.05. The van der Waals surface area contributed by atoms with E-state index in [1.165, 1.54) is 0 Å². The Hall–Kier alpha value is -1.94. The molecule has 1 aromatic carbocycles. The molecule has 3 aromatic rings. The molecule has 0 fully saturated rings. The Morgan fingerprint density at radius 3 is 2.67 bits per heavy atom. The minimum Gasteiger partial charge on any atom is -0.454 e. The second-order valence-corrected chi connectivity index (χ2v) is 4.72. The number of para-hydroxylation sites is 1. The lowest BCUT2D eigenvalue weighted by Gasteiger charge is -2.06. The molecule has 2 heterocycles. The van der Waals surface area contributed by atoms with E-state index in [2.05, 4.69) is 25.9 Å². The van der Waals surface area contributed by atoms with E-state index in [0.29, 0.717) is 11.5 Å². The maximum absolute atomic E-state index is 5.71. The molecule has 0 spiro atoms. The molecule has 0 saturated heterocycles. The summed E-state index contributed by atoms with van der Waals surface area (Å²) in [6.45, 7) is 0. The molecular formula is C14H9BrN2O. The zero-order chi connectivity index (χ0) is 12.4. The largest absolute Gasteiger partial charge is 0.454 e. The minimum absolute atomic E-state index is 0.682. The summed E-state index contributed by atoms with van der Waals surface area (Å²) in [6.07, 6.45) is 5.09. The summed E-state index contributed by atoms with van der Waals surface area (Å²) in [6, 6.07) is 11.8.